The zero-order valence-electron chi connectivity index (χ0n) is 11.3. The van der Waals surface area contributed by atoms with Crippen molar-refractivity contribution < 1.29 is 4.79 Å². The molecule has 0 radical (unpaired) electrons. The lowest BCUT2D eigenvalue weighted by Gasteiger charge is -2.36. The van der Waals surface area contributed by atoms with Crippen LogP contribution in [0.2, 0.25) is 0 Å². The summed E-state index contributed by atoms with van der Waals surface area (Å²) in [5, 5.41) is 8.18. The summed E-state index contributed by atoms with van der Waals surface area (Å²) in [5.74, 6) is 0.908. The number of hydrogen-bond donors (Lipinski definition) is 2. The molecule has 0 aliphatic carbocycles. The summed E-state index contributed by atoms with van der Waals surface area (Å²) in [7, 11) is 0. The third-order valence-corrected chi connectivity index (χ3v) is 4.29. The number of fused-ring (bicyclic) bond motifs is 1. The SMILES string of the molecule is CCNC(=O)C1CNCCN1c1ncnc2ccsc12. The zero-order valence-corrected chi connectivity index (χ0v) is 12.1. The maximum absolute atomic E-state index is 12.2. The molecule has 3 heterocycles. The van der Waals surface area contributed by atoms with Crippen molar-refractivity contribution in [2.75, 3.05) is 31.1 Å². The fraction of sp³-hybridized carbons (Fsp3) is 0.462. The van der Waals surface area contributed by atoms with Crippen LogP contribution in [0.5, 0.6) is 0 Å². The van der Waals surface area contributed by atoms with E-state index in [-0.39, 0.29) is 11.9 Å². The lowest BCUT2D eigenvalue weighted by molar-refractivity contribution is -0.122. The summed E-state index contributed by atoms with van der Waals surface area (Å²) in [6.45, 7) is 4.84. The van der Waals surface area contributed by atoms with E-state index in [9.17, 15) is 4.79 Å². The van der Waals surface area contributed by atoms with Gasteiger partial charge in [0.2, 0.25) is 5.91 Å². The van der Waals surface area contributed by atoms with E-state index in [1.807, 2.05) is 18.4 Å². The molecule has 2 aromatic heterocycles. The van der Waals surface area contributed by atoms with Crippen LogP contribution >= 0.6 is 11.3 Å². The quantitative estimate of drug-likeness (QED) is 0.867. The molecule has 1 unspecified atom stereocenters. The molecule has 0 spiro atoms. The second kappa shape index (κ2) is 5.72. The van der Waals surface area contributed by atoms with Gasteiger partial charge in [0.05, 0.1) is 10.2 Å². The number of likely N-dealkylation sites (N-methyl/N-ethyl adjacent to an activating group) is 1. The van der Waals surface area contributed by atoms with Gasteiger partial charge in [0, 0.05) is 26.2 Å². The van der Waals surface area contributed by atoms with Gasteiger partial charge in [-0.15, -0.1) is 11.3 Å². The number of rotatable bonds is 3. The number of carbonyl (C=O) groups excluding carboxylic acids is 1. The van der Waals surface area contributed by atoms with Crippen LogP contribution in [-0.2, 0) is 4.79 Å². The van der Waals surface area contributed by atoms with Gasteiger partial charge >= 0.3 is 0 Å². The third kappa shape index (κ3) is 2.34. The number of anilines is 1. The Morgan fingerprint density at radius 1 is 1.60 bits per heavy atom. The molecule has 3 rings (SSSR count). The first kappa shape index (κ1) is 13.3. The maximum atomic E-state index is 12.2. The minimum Gasteiger partial charge on any atom is -0.355 e. The molecule has 1 aliphatic rings. The predicted molar refractivity (Wildman–Crippen MR) is 80.1 cm³/mol. The second-order valence-electron chi connectivity index (χ2n) is 4.64. The van der Waals surface area contributed by atoms with Crippen molar-refractivity contribution >= 4 is 33.3 Å². The molecule has 0 saturated carbocycles. The first-order valence-electron chi connectivity index (χ1n) is 6.74. The van der Waals surface area contributed by atoms with Gasteiger partial charge in [-0.2, -0.15) is 0 Å². The third-order valence-electron chi connectivity index (χ3n) is 3.39. The molecule has 6 nitrogen and oxygen atoms in total. The van der Waals surface area contributed by atoms with E-state index in [0.29, 0.717) is 13.1 Å². The van der Waals surface area contributed by atoms with Gasteiger partial charge in [0.1, 0.15) is 12.4 Å². The molecule has 2 aromatic rings. The maximum Gasteiger partial charge on any atom is 0.244 e. The molecule has 0 aromatic carbocycles. The summed E-state index contributed by atoms with van der Waals surface area (Å²) in [6.07, 6.45) is 1.57. The fourth-order valence-electron chi connectivity index (χ4n) is 2.46. The highest BCUT2D eigenvalue weighted by atomic mass is 32.1. The summed E-state index contributed by atoms with van der Waals surface area (Å²) in [4.78, 5) is 23.0. The minimum absolute atomic E-state index is 0.0445. The van der Waals surface area contributed by atoms with Crippen molar-refractivity contribution in [2.45, 2.75) is 13.0 Å². The highest BCUT2D eigenvalue weighted by Gasteiger charge is 2.30. The lowest BCUT2D eigenvalue weighted by Crippen LogP contribution is -2.58. The standard InChI is InChI=1S/C13H17N5OS/c1-2-15-13(19)10-7-14-4-5-18(10)12-11-9(3-6-20-11)16-8-17-12/h3,6,8,10,14H,2,4-5,7H2,1H3,(H,15,19). The molecule has 7 heteroatoms. The van der Waals surface area contributed by atoms with Crippen LogP contribution in [0.25, 0.3) is 10.2 Å². The molecule has 1 fully saturated rings. The van der Waals surface area contributed by atoms with Crippen molar-refractivity contribution in [2.24, 2.45) is 0 Å². The van der Waals surface area contributed by atoms with E-state index in [1.54, 1.807) is 17.7 Å². The summed E-state index contributed by atoms with van der Waals surface area (Å²) < 4.78 is 1.05. The molecule has 106 valence electrons. The van der Waals surface area contributed by atoms with Crippen molar-refractivity contribution in [3.05, 3.63) is 17.8 Å². The van der Waals surface area contributed by atoms with E-state index in [0.717, 1.165) is 29.1 Å². The number of nitrogens with zero attached hydrogens (tertiary/aromatic N) is 3. The Bertz CT molecular complexity index is 614. The molecular formula is C13H17N5OS. The Hall–Kier alpha value is -1.73. The first-order valence-corrected chi connectivity index (χ1v) is 7.62. The molecule has 0 bridgehead atoms. The van der Waals surface area contributed by atoms with Crippen LogP contribution in [-0.4, -0.2) is 48.1 Å². The number of aromatic nitrogens is 2. The van der Waals surface area contributed by atoms with Crippen molar-refractivity contribution in [1.82, 2.24) is 20.6 Å². The van der Waals surface area contributed by atoms with Crippen molar-refractivity contribution in [3.63, 3.8) is 0 Å². The molecule has 2 N–H and O–H groups in total. The van der Waals surface area contributed by atoms with Gasteiger partial charge in [-0.05, 0) is 18.4 Å². The molecule has 1 saturated heterocycles. The number of thiophene rings is 1. The molecule has 1 amide bonds. The molecule has 1 aliphatic heterocycles. The van der Waals surface area contributed by atoms with Crippen molar-refractivity contribution in [1.29, 1.82) is 0 Å². The molecule has 1 atom stereocenters. The zero-order chi connectivity index (χ0) is 13.9. The van der Waals surface area contributed by atoms with Gasteiger partial charge in [0.15, 0.2) is 5.82 Å². The van der Waals surface area contributed by atoms with Crippen molar-refractivity contribution in [3.8, 4) is 0 Å². The van der Waals surface area contributed by atoms with E-state index >= 15 is 0 Å². The van der Waals surface area contributed by atoms with Crippen LogP contribution < -0.4 is 15.5 Å². The fourth-order valence-corrected chi connectivity index (χ4v) is 3.31. The largest absolute Gasteiger partial charge is 0.355 e. The number of hydrogen-bond acceptors (Lipinski definition) is 6. The highest BCUT2D eigenvalue weighted by molar-refractivity contribution is 7.17. The van der Waals surface area contributed by atoms with E-state index in [1.165, 1.54) is 0 Å². The van der Waals surface area contributed by atoms with Gasteiger partial charge in [-0.25, -0.2) is 9.97 Å². The number of carbonyl (C=O) groups is 1. The number of nitrogens with one attached hydrogen (secondary N) is 2. The first-order chi connectivity index (χ1) is 9.81. The Morgan fingerprint density at radius 3 is 3.35 bits per heavy atom. The number of amides is 1. The van der Waals surface area contributed by atoms with Gasteiger partial charge in [-0.3, -0.25) is 4.79 Å². The smallest absolute Gasteiger partial charge is 0.244 e. The Balaban J connectivity index is 1.97. The normalized spacial score (nSPS) is 19.2. The monoisotopic (exact) mass is 291 g/mol. The van der Waals surface area contributed by atoms with E-state index in [2.05, 4.69) is 25.5 Å². The molecule has 20 heavy (non-hydrogen) atoms. The van der Waals surface area contributed by atoms with Crippen LogP contribution in [0, 0.1) is 0 Å². The van der Waals surface area contributed by atoms with E-state index < -0.39 is 0 Å². The highest BCUT2D eigenvalue weighted by Crippen LogP contribution is 2.29. The van der Waals surface area contributed by atoms with E-state index in [4.69, 9.17) is 0 Å². The van der Waals surface area contributed by atoms with Gasteiger partial charge < -0.3 is 15.5 Å². The summed E-state index contributed by atoms with van der Waals surface area (Å²) in [5.41, 5.74) is 0.938. The van der Waals surface area contributed by atoms with Crippen LogP contribution in [0.15, 0.2) is 17.8 Å². The van der Waals surface area contributed by atoms with Gasteiger partial charge in [-0.1, -0.05) is 0 Å². The molecular weight excluding hydrogens is 274 g/mol. The topological polar surface area (TPSA) is 70.2 Å². The Kier molecular flexibility index (Phi) is 3.79. The van der Waals surface area contributed by atoms with Gasteiger partial charge in [0.25, 0.3) is 0 Å². The Labute approximate surface area is 121 Å². The summed E-state index contributed by atoms with van der Waals surface area (Å²) >= 11 is 1.62. The van der Waals surface area contributed by atoms with Crippen LogP contribution in [0.4, 0.5) is 5.82 Å². The van der Waals surface area contributed by atoms with Crippen LogP contribution in [0.3, 0.4) is 0 Å². The lowest BCUT2D eigenvalue weighted by atomic mass is 10.1. The minimum atomic E-state index is -0.219. The Morgan fingerprint density at radius 2 is 2.50 bits per heavy atom. The average Bonchev–Trinajstić information content (AvgIpc) is 2.96. The number of piperazine rings is 1. The second-order valence-corrected chi connectivity index (χ2v) is 5.56. The van der Waals surface area contributed by atoms with Crippen LogP contribution in [0.1, 0.15) is 6.92 Å². The average molecular weight is 291 g/mol. The summed E-state index contributed by atoms with van der Waals surface area (Å²) in [6, 6.07) is 1.76. The predicted octanol–water partition coefficient (Wildman–Crippen LogP) is 0.606.